The highest BCUT2D eigenvalue weighted by atomic mass is 35.5. The highest BCUT2D eigenvalue weighted by molar-refractivity contribution is 6.30. The van der Waals surface area contributed by atoms with Crippen molar-refractivity contribution in [3.05, 3.63) is 34.9 Å². The molecule has 0 saturated heterocycles. The van der Waals surface area contributed by atoms with E-state index in [-0.39, 0.29) is 11.7 Å². The van der Waals surface area contributed by atoms with Crippen LogP contribution < -0.4 is 0 Å². The molecule has 0 aromatic heterocycles. The maximum atomic E-state index is 12.4. The molecule has 0 radical (unpaired) electrons. The van der Waals surface area contributed by atoms with Gasteiger partial charge in [-0.25, -0.2) is 0 Å². The Morgan fingerprint density at radius 3 is 2.39 bits per heavy atom. The van der Waals surface area contributed by atoms with Crippen LogP contribution in [0.2, 0.25) is 5.02 Å². The number of carbonyl (C=O) groups is 1. The van der Waals surface area contributed by atoms with Crippen LogP contribution in [-0.4, -0.2) is 5.78 Å². The minimum atomic E-state index is -0.634. The van der Waals surface area contributed by atoms with Crippen LogP contribution in [-0.2, 0) is 4.79 Å². The van der Waals surface area contributed by atoms with E-state index < -0.39 is 5.92 Å². The van der Waals surface area contributed by atoms with Gasteiger partial charge in [0, 0.05) is 10.9 Å². The number of hydrogen-bond acceptors (Lipinski definition) is 2. The Hall–Kier alpha value is -1.33. The number of halogens is 1. The Morgan fingerprint density at radius 1 is 1.22 bits per heavy atom. The Kier molecular flexibility index (Phi) is 4.38. The van der Waals surface area contributed by atoms with Crippen molar-refractivity contribution in [2.24, 2.45) is 5.92 Å². The Balaban J connectivity index is 2.15. The molecule has 0 aliphatic heterocycles. The fraction of sp³-hybridized carbons (Fsp3) is 0.467. The third-order valence-electron chi connectivity index (χ3n) is 3.62. The molecule has 1 unspecified atom stereocenters. The predicted molar refractivity (Wildman–Crippen MR) is 71.4 cm³/mol. The molecule has 1 aromatic carbocycles. The van der Waals surface area contributed by atoms with Crippen LogP contribution in [0.15, 0.2) is 24.3 Å². The maximum absolute atomic E-state index is 12.4. The summed E-state index contributed by atoms with van der Waals surface area (Å²) in [4.78, 5) is 12.4. The number of ketones is 1. The predicted octanol–water partition coefficient (Wildman–Crippen LogP) is 4.10. The normalized spacial score (nSPS) is 18.0. The zero-order chi connectivity index (χ0) is 13.0. The summed E-state index contributed by atoms with van der Waals surface area (Å²) < 4.78 is 0. The van der Waals surface area contributed by atoms with Crippen molar-refractivity contribution in [3.63, 3.8) is 0 Å². The van der Waals surface area contributed by atoms with E-state index in [2.05, 4.69) is 6.07 Å². The van der Waals surface area contributed by atoms with Gasteiger partial charge >= 0.3 is 0 Å². The van der Waals surface area contributed by atoms with Crippen molar-refractivity contribution < 1.29 is 4.79 Å². The summed E-state index contributed by atoms with van der Waals surface area (Å²) in [5.41, 5.74) is 0.762. The average Bonchev–Trinajstić information content (AvgIpc) is 2.42. The van der Waals surface area contributed by atoms with Crippen LogP contribution in [0.25, 0.3) is 0 Å². The van der Waals surface area contributed by atoms with Gasteiger partial charge < -0.3 is 0 Å². The minimum Gasteiger partial charge on any atom is -0.298 e. The Bertz CT molecular complexity index is 454. The largest absolute Gasteiger partial charge is 0.298 e. The molecule has 0 heterocycles. The van der Waals surface area contributed by atoms with Gasteiger partial charge in [0.05, 0.1) is 6.07 Å². The summed E-state index contributed by atoms with van der Waals surface area (Å²) in [5, 5.41) is 9.87. The van der Waals surface area contributed by atoms with E-state index in [1.165, 1.54) is 6.42 Å². The fourth-order valence-electron chi connectivity index (χ4n) is 2.58. The van der Waals surface area contributed by atoms with Crippen LogP contribution in [0.1, 0.15) is 43.6 Å². The summed E-state index contributed by atoms with van der Waals surface area (Å²) in [6.45, 7) is 0. The number of Topliss-reactive ketones (excluding diaryl/α,β-unsaturated/α-hetero) is 1. The van der Waals surface area contributed by atoms with Crippen LogP contribution >= 0.6 is 11.6 Å². The summed E-state index contributed by atoms with van der Waals surface area (Å²) in [5.74, 6) is -0.482. The van der Waals surface area contributed by atoms with Crippen LogP contribution in [0.4, 0.5) is 0 Å². The highest BCUT2D eigenvalue weighted by Gasteiger charge is 2.29. The molecular weight excluding hydrogens is 246 g/mol. The quantitative estimate of drug-likeness (QED) is 0.822. The zero-order valence-electron chi connectivity index (χ0n) is 10.2. The second-order valence-corrected chi connectivity index (χ2v) is 5.29. The average molecular weight is 262 g/mol. The number of nitrogens with zero attached hydrogens (tertiary/aromatic N) is 1. The van der Waals surface area contributed by atoms with Crippen molar-refractivity contribution in [1.82, 2.24) is 0 Å². The molecule has 1 aromatic rings. The molecule has 0 amide bonds. The highest BCUT2D eigenvalue weighted by Crippen LogP contribution is 2.30. The van der Waals surface area contributed by atoms with Gasteiger partial charge in [-0.1, -0.05) is 43.0 Å². The molecule has 3 heteroatoms. The Labute approximate surface area is 113 Å². The lowest BCUT2D eigenvalue weighted by atomic mass is 9.80. The maximum Gasteiger partial charge on any atom is 0.157 e. The second-order valence-electron chi connectivity index (χ2n) is 4.85. The van der Waals surface area contributed by atoms with E-state index in [1.54, 1.807) is 24.3 Å². The van der Waals surface area contributed by atoms with Crippen molar-refractivity contribution >= 4 is 17.4 Å². The molecule has 1 aliphatic carbocycles. The van der Waals surface area contributed by atoms with Crippen molar-refractivity contribution in [2.45, 2.75) is 38.0 Å². The van der Waals surface area contributed by atoms with E-state index in [0.29, 0.717) is 5.02 Å². The first-order chi connectivity index (χ1) is 8.72. The van der Waals surface area contributed by atoms with Gasteiger partial charge in [0.2, 0.25) is 0 Å². The molecular formula is C15H16ClNO. The topological polar surface area (TPSA) is 40.9 Å². The molecule has 1 saturated carbocycles. The van der Waals surface area contributed by atoms with Crippen molar-refractivity contribution in [2.75, 3.05) is 0 Å². The van der Waals surface area contributed by atoms with E-state index in [0.717, 1.165) is 31.2 Å². The fourth-order valence-corrected chi connectivity index (χ4v) is 2.71. The molecule has 18 heavy (non-hydrogen) atoms. The monoisotopic (exact) mass is 261 g/mol. The van der Waals surface area contributed by atoms with Crippen molar-refractivity contribution in [1.29, 1.82) is 5.26 Å². The van der Waals surface area contributed by atoms with Gasteiger partial charge in [0.1, 0.15) is 5.92 Å². The zero-order valence-corrected chi connectivity index (χ0v) is 11.0. The van der Waals surface area contributed by atoms with Crippen LogP contribution in [0.3, 0.4) is 0 Å². The van der Waals surface area contributed by atoms with E-state index >= 15 is 0 Å². The summed E-state index contributed by atoms with van der Waals surface area (Å²) in [6, 6.07) is 9.15. The molecule has 1 aliphatic rings. The third kappa shape index (κ3) is 2.91. The molecule has 0 spiro atoms. The molecule has 1 atom stereocenters. The smallest absolute Gasteiger partial charge is 0.157 e. The minimum absolute atomic E-state index is 0.0686. The van der Waals surface area contributed by atoms with E-state index in [4.69, 9.17) is 11.6 Å². The Morgan fingerprint density at radius 2 is 1.83 bits per heavy atom. The number of carbonyl (C=O) groups excluding carboxylic acids is 1. The van der Waals surface area contributed by atoms with Crippen molar-refractivity contribution in [3.8, 4) is 6.07 Å². The third-order valence-corrected chi connectivity index (χ3v) is 3.88. The van der Waals surface area contributed by atoms with Crippen LogP contribution in [0.5, 0.6) is 0 Å². The van der Waals surface area contributed by atoms with Gasteiger partial charge in [0.25, 0.3) is 0 Å². The molecule has 1 fully saturated rings. The lowest BCUT2D eigenvalue weighted by Crippen LogP contribution is -2.23. The number of hydrogen-bond donors (Lipinski definition) is 0. The summed E-state index contributed by atoms with van der Waals surface area (Å²) in [6.07, 6.45) is 5.29. The van der Waals surface area contributed by atoms with Gasteiger partial charge in [-0.05, 0) is 30.5 Å². The second kappa shape index (κ2) is 6.02. The molecule has 94 valence electrons. The van der Waals surface area contributed by atoms with Gasteiger partial charge in [-0.2, -0.15) is 5.26 Å². The van der Waals surface area contributed by atoms with Gasteiger partial charge in [0.15, 0.2) is 5.78 Å². The lowest BCUT2D eigenvalue weighted by molar-refractivity contribution is -0.124. The number of benzene rings is 1. The summed E-state index contributed by atoms with van der Waals surface area (Å²) in [7, 11) is 0. The first-order valence-electron chi connectivity index (χ1n) is 6.41. The first kappa shape index (κ1) is 13.1. The van der Waals surface area contributed by atoms with E-state index in [9.17, 15) is 10.1 Å². The lowest BCUT2D eigenvalue weighted by Gasteiger charge is -2.22. The molecule has 2 nitrogen and oxygen atoms in total. The number of nitriles is 1. The van der Waals surface area contributed by atoms with E-state index in [1.807, 2.05) is 0 Å². The van der Waals surface area contributed by atoms with Crippen LogP contribution in [0, 0.1) is 17.2 Å². The SMILES string of the molecule is N#CC(C(=O)C1CCCCC1)c1ccc(Cl)cc1. The van der Waals surface area contributed by atoms with Gasteiger partial charge in [-0.15, -0.1) is 0 Å². The first-order valence-corrected chi connectivity index (χ1v) is 6.79. The van der Waals surface area contributed by atoms with Gasteiger partial charge in [-0.3, -0.25) is 4.79 Å². The standard InChI is InChI=1S/C15H16ClNO/c16-13-8-6-11(7-9-13)14(10-17)15(18)12-4-2-1-3-5-12/h6-9,12,14H,1-5H2. The molecule has 2 rings (SSSR count). The molecule has 0 bridgehead atoms. The number of rotatable bonds is 3. The summed E-state index contributed by atoms with van der Waals surface area (Å²) >= 11 is 5.82. The molecule has 0 N–H and O–H groups in total.